The molecule has 0 radical (unpaired) electrons. The molecule has 100 valence electrons. The molecule has 1 N–H and O–H groups in total. The van der Waals surface area contributed by atoms with E-state index < -0.39 is 0 Å². The van der Waals surface area contributed by atoms with Gasteiger partial charge in [0.2, 0.25) is 0 Å². The van der Waals surface area contributed by atoms with Crippen LogP contribution in [0.15, 0.2) is 48.7 Å². The van der Waals surface area contributed by atoms with Crippen LogP contribution in [0.2, 0.25) is 0 Å². The second kappa shape index (κ2) is 6.43. The average molecular weight is 258 g/mol. The van der Waals surface area contributed by atoms with Gasteiger partial charge in [-0.05, 0) is 43.2 Å². The molecule has 2 nitrogen and oxygen atoms in total. The Morgan fingerprint density at radius 3 is 2.68 bits per heavy atom. The quantitative estimate of drug-likeness (QED) is 0.876. The van der Waals surface area contributed by atoms with Crippen LogP contribution in [0.1, 0.15) is 43.6 Å². The fourth-order valence-electron chi connectivity index (χ4n) is 2.19. The first-order valence-corrected chi connectivity index (χ1v) is 6.63. The van der Waals surface area contributed by atoms with E-state index in [0.29, 0.717) is 0 Å². The second-order valence-electron chi connectivity index (χ2n) is 4.66. The maximum atomic E-state index is 13.3. The van der Waals surface area contributed by atoms with Crippen molar-refractivity contribution in [1.82, 2.24) is 10.3 Å². The van der Waals surface area contributed by atoms with Crippen molar-refractivity contribution in [1.29, 1.82) is 0 Å². The molecule has 0 fully saturated rings. The summed E-state index contributed by atoms with van der Waals surface area (Å²) in [6.45, 7) is 4.16. The third-order valence-corrected chi connectivity index (χ3v) is 3.24. The molecule has 3 heteroatoms. The smallest absolute Gasteiger partial charge is 0.123 e. The van der Waals surface area contributed by atoms with E-state index in [-0.39, 0.29) is 17.9 Å². The molecule has 1 aromatic carbocycles. The Labute approximate surface area is 113 Å². The molecule has 0 amide bonds. The normalized spacial score (nSPS) is 14.1. The molecule has 1 unspecified atom stereocenters. The van der Waals surface area contributed by atoms with Crippen LogP contribution in [0.25, 0.3) is 0 Å². The van der Waals surface area contributed by atoms with Crippen LogP contribution in [0.3, 0.4) is 0 Å². The van der Waals surface area contributed by atoms with Gasteiger partial charge in [0, 0.05) is 18.3 Å². The van der Waals surface area contributed by atoms with Crippen molar-refractivity contribution in [2.24, 2.45) is 0 Å². The molecule has 0 saturated carbocycles. The van der Waals surface area contributed by atoms with E-state index in [0.717, 1.165) is 17.7 Å². The Hall–Kier alpha value is -1.74. The van der Waals surface area contributed by atoms with Gasteiger partial charge >= 0.3 is 0 Å². The van der Waals surface area contributed by atoms with Crippen molar-refractivity contribution >= 4 is 0 Å². The van der Waals surface area contributed by atoms with E-state index >= 15 is 0 Å². The minimum absolute atomic E-state index is 0.132. The zero-order valence-corrected chi connectivity index (χ0v) is 11.3. The average Bonchev–Trinajstić information content (AvgIpc) is 2.45. The predicted molar refractivity (Wildman–Crippen MR) is 75.2 cm³/mol. The molecule has 2 atom stereocenters. The van der Waals surface area contributed by atoms with E-state index in [1.54, 1.807) is 18.3 Å². The number of halogens is 1. The van der Waals surface area contributed by atoms with Gasteiger partial charge in [-0.1, -0.05) is 25.1 Å². The molecule has 1 heterocycles. The molecule has 19 heavy (non-hydrogen) atoms. The maximum absolute atomic E-state index is 13.3. The highest BCUT2D eigenvalue weighted by atomic mass is 19.1. The molecule has 0 aliphatic heterocycles. The van der Waals surface area contributed by atoms with Crippen LogP contribution in [0.4, 0.5) is 4.39 Å². The first-order chi connectivity index (χ1) is 9.20. The fraction of sp³-hybridized carbons (Fsp3) is 0.312. The maximum Gasteiger partial charge on any atom is 0.123 e. The molecule has 1 aromatic heterocycles. The zero-order chi connectivity index (χ0) is 13.7. The van der Waals surface area contributed by atoms with Crippen LogP contribution in [-0.4, -0.2) is 4.98 Å². The number of hydrogen-bond acceptors (Lipinski definition) is 2. The van der Waals surface area contributed by atoms with E-state index in [1.165, 1.54) is 6.07 Å². The minimum atomic E-state index is -0.191. The Kier molecular flexibility index (Phi) is 4.63. The van der Waals surface area contributed by atoms with E-state index in [9.17, 15) is 4.39 Å². The van der Waals surface area contributed by atoms with Crippen LogP contribution in [0, 0.1) is 5.82 Å². The van der Waals surface area contributed by atoms with Gasteiger partial charge in [-0.3, -0.25) is 4.98 Å². The number of nitrogens with one attached hydrogen (secondary N) is 1. The topological polar surface area (TPSA) is 24.9 Å². The van der Waals surface area contributed by atoms with Gasteiger partial charge in [0.05, 0.1) is 5.69 Å². The molecule has 2 aromatic rings. The van der Waals surface area contributed by atoms with Gasteiger partial charge in [-0.2, -0.15) is 0 Å². The SMILES string of the molecule is CCC(N[C@H](C)c1ccccn1)c1cccc(F)c1. The molecule has 0 bridgehead atoms. The summed E-state index contributed by atoms with van der Waals surface area (Å²) >= 11 is 0. The number of pyridine rings is 1. The van der Waals surface area contributed by atoms with Crippen molar-refractivity contribution in [2.45, 2.75) is 32.4 Å². The van der Waals surface area contributed by atoms with Crippen LogP contribution in [-0.2, 0) is 0 Å². The molecule has 0 aliphatic rings. The van der Waals surface area contributed by atoms with Gasteiger partial charge in [0.25, 0.3) is 0 Å². The minimum Gasteiger partial charge on any atom is -0.302 e. The lowest BCUT2D eigenvalue weighted by atomic mass is 10.0. The number of benzene rings is 1. The summed E-state index contributed by atoms with van der Waals surface area (Å²) in [6.07, 6.45) is 2.69. The summed E-state index contributed by atoms with van der Waals surface area (Å²) in [7, 11) is 0. The Morgan fingerprint density at radius 2 is 2.05 bits per heavy atom. The van der Waals surface area contributed by atoms with Crippen molar-refractivity contribution in [3.63, 3.8) is 0 Å². The molecule has 0 aliphatic carbocycles. The van der Waals surface area contributed by atoms with Gasteiger partial charge in [-0.25, -0.2) is 4.39 Å². The largest absolute Gasteiger partial charge is 0.302 e. The third-order valence-electron chi connectivity index (χ3n) is 3.24. The number of nitrogens with zero attached hydrogens (tertiary/aromatic N) is 1. The summed E-state index contributed by atoms with van der Waals surface area (Å²) in [5.41, 5.74) is 1.97. The van der Waals surface area contributed by atoms with Crippen LogP contribution < -0.4 is 5.32 Å². The Balaban J connectivity index is 2.11. The summed E-state index contributed by atoms with van der Waals surface area (Å²) in [5.74, 6) is -0.191. The highest BCUT2D eigenvalue weighted by Gasteiger charge is 2.14. The molecular formula is C16H19FN2. The van der Waals surface area contributed by atoms with Gasteiger partial charge in [-0.15, -0.1) is 0 Å². The first kappa shape index (κ1) is 13.7. The van der Waals surface area contributed by atoms with E-state index in [4.69, 9.17) is 0 Å². The fourth-order valence-corrected chi connectivity index (χ4v) is 2.19. The van der Waals surface area contributed by atoms with Crippen LogP contribution >= 0.6 is 0 Å². The lowest BCUT2D eigenvalue weighted by Gasteiger charge is -2.22. The lowest BCUT2D eigenvalue weighted by molar-refractivity contribution is 0.448. The highest BCUT2D eigenvalue weighted by molar-refractivity contribution is 5.21. The molecule has 0 spiro atoms. The second-order valence-corrected chi connectivity index (χ2v) is 4.66. The van der Waals surface area contributed by atoms with E-state index in [1.807, 2.05) is 24.3 Å². The highest BCUT2D eigenvalue weighted by Crippen LogP contribution is 2.21. The standard InChI is InChI=1S/C16H19FN2/c1-3-15(13-7-6-8-14(17)11-13)19-12(2)16-9-4-5-10-18-16/h4-12,15,19H,3H2,1-2H3/t12-,15?/m1/s1. The predicted octanol–water partition coefficient (Wildman–Crippen LogP) is 4.02. The summed E-state index contributed by atoms with van der Waals surface area (Å²) in [5, 5.41) is 3.50. The Morgan fingerprint density at radius 1 is 1.21 bits per heavy atom. The zero-order valence-electron chi connectivity index (χ0n) is 11.3. The van der Waals surface area contributed by atoms with Crippen molar-refractivity contribution in [2.75, 3.05) is 0 Å². The third kappa shape index (κ3) is 3.61. The van der Waals surface area contributed by atoms with Gasteiger partial charge in [0.15, 0.2) is 0 Å². The number of hydrogen-bond donors (Lipinski definition) is 1. The summed E-state index contributed by atoms with van der Waals surface area (Å²) < 4.78 is 13.3. The van der Waals surface area contributed by atoms with E-state index in [2.05, 4.69) is 24.1 Å². The van der Waals surface area contributed by atoms with Crippen molar-refractivity contribution in [3.8, 4) is 0 Å². The lowest BCUT2D eigenvalue weighted by Crippen LogP contribution is -2.24. The number of aromatic nitrogens is 1. The first-order valence-electron chi connectivity index (χ1n) is 6.63. The molecule has 0 saturated heterocycles. The summed E-state index contributed by atoms with van der Waals surface area (Å²) in [6, 6.07) is 12.9. The van der Waals surface area contributed by atoms with Gasteiger partial charge in [0.1, 0.15) is 5.82 Å². The molecular weight excluding hydrogens is 239 g/mol. The van der Waals surface area contributed by atoms with Crippen molar-refractivity contribution in [3.05, 3.63) is 65.7 Å². The monoisotopic (exact) mass is 258 g/mol. The molecule has 2 rings (SSSR count). The van der Waals surface area contributed by atoms with Crippen LogP contribution in [0.5, 0.6) is 0 Å². The van der Waals surface area contributed by atoms with Gasteiger partial charge < -0.3 is 5.32 Å². The number of rotatable bonds is 5. The Bertz CT molecular complexity index is 513. The van der Waals surface area contributed by atoms with Crippen molar-refractivity contribution < 1.29 is 4.39 Å². The summed E-state index contributed by atoms with van der Waals surface area (Å²) in [4.78, 5) is 4.34.